The van der Waals surface area contributed by atoms with Crippen LogP contribution >= 0.6 is 0 Å². The molecule has 18 heavy (non-hydrogen) atoms. The van der Waals surface area contributed by atoms with E-state index in [4.69, 9.17) is 0 Å². The van der Waals surface area contributed by atoms with Gasteiger partial charge in [-0.2, -0.15) is 0 Å². The van der Waals surface area contributed by atoms with Crippen molar-refractivity contribution in [2.45, 2.75) is 39.2 Å². The minimum Gasteiger partial charge on any atom is -0.355 e. The summed E-state index contributed by atoms with van der Waals surface area (Å²) in [7, 11) is 0. The molecule has 0 radical (unpaired) electrons. The second-order valence-electron chi connectivity index (χ2n) is 5.85. The summed E-state index contributed by atoms with van der Waals surface area (Å²) in [5, 5.41) is 6.43. The van der Waals surface area contributed by atoms with Gasteiger partial charge in [0.15, 0.2) is 0 Å². The molecule has 0 bridgehead atoms. The first-order chi connectivity index (χ1) is 8.70. The van der Waals surface area contributed by atoms with Crippen LogP contribution in [0.4, 0.5) is 0 Å². The lowest BCUT2D eigenvalue weighted by atomic mass is 9.91. The fourth-order valence-electron chi connectivity index (χ4n) is 2.86. The number of carbonyl (C=O) groups excluding carboxylic acids is 1. The third-order valence-electron chi connectivity index (χ3n) is 4.11. The van der Waals surface area contributed by atoms with E-state index in [9.17, 15) is 4.79 Å². The molecule has 0 spiro atoms. The van der Waals surface area contributed by atoms with Crippen molar-refractivity contribution in [3.63, 3.8) is 0 Å². The first kappa shape index (κ1) is 13.8. The molecule has 104 valence electrons. The average Bonchev–Trinajstić information content (AvgIpc) is 3.18. The molecular formula is C14H27N3O. The normalized spacial score (nSPS) is 28.4. The van der Waals surface area contributed by atoms with Crippen molar-refractivity contribution in [2.24, 2.45) is 11.8 Å². The summed E-state index contributed by atoms with van der Waals surface area (Å²) in [6.07, 6.45) is 3.71. The summed E-state index contributed by atoms with van der Waals surface area (Å²) in [5.41, 5.74) is 0. The van der Waals surface area contributed by atoms with E-state index >= 15 is 0 Å². The Hall–Kier alpha value is -0.610. The van der Waals surface area contributed by atoms with Gasteiger partial charge in [0.2, 0.25) is 5.91 Å². The standard InChI is InChI=1S/C14H27N3O/c1-3-17(13-4-5-13)7-6-16-14(18)12-8-11(2)9-15-10-12/h11-13,15H,3-10H2,1-2H3,(H,16,18). The van der Waals surface area contributed by atoms with Gasteiger partial charge in [-0.05, 0) is 38.3 Å². The minimum absolute atomic E-state index is 0.171. The Kier molecular flexibility index (Phi) is 5.01. The fourth-order valence-corrected chi connectivity index (χ4v) is 2.86. The number of nitrogens with zero attached hydrogens (tertiary/aromatic N) is 1. The second kappa shape index (κ2) is 6.53. The van der Waals surface area contributed by atoms with E-state index in [1.54, 1.807) is 0 Å². The van der Waals surface area contributed by atoms with Crippen molar-refractivity contribution in [1.29, 1.82) is 0 Å². The van der Waals surface area contributed by atoms with Crippen molar-refractivity contribution in [2.75, 3.05) is 32.7 Å². The molecule has 2 atom stereocenters. The van der Waals surface area contributed by atoms with Crippen LogP contribution in [0.2, 0.25) is 0 Å². The molecule has 4 heteroatoms. The van der Waals surface area contributed by atoms with Gasteiger partial charge in [0.1, 0.15) is 0 Å². The molecule has 4 nitrogen and oxygen atoms in total. The maximum atomic E-state index is 12.0. The summed E-state index contributed by atoms with van der Waals surface area (Å²) < 4.78 is 0. The summed E-state index contributed by atoms with van der Waals surface area (Å²) in [5.74, 6) is 1.03. The van der Waals surface area contributed by atoms with Crippen molar-refractivity contribution < 1.29 is 4.79 Å². The highest BCUT2D eigenvalue weighted by atomic mass is 16.1. The summed E-state index contributed by atoms with van der Waals surface area (Å²) in [4.78, 5) is 14.5. The highest BCUT2D eigenvalue weighted by molar-refractivity contribution is 5.79. The van der Waals surface area contributed by atoms with Crippen LogP contribution in [0.15, 0.2) is 0 Å². The number of carbonyl (C=O) groups is 1. The molecule has 0 aromatic carbocycles. The smallest absolute Gasteiger partial charge is 0.224 e. The molecule has 0 aromatic rings. The number of hydrogen-bond donors (Lipinski definition) is 2. The van der Waals surface area contributed by atoms with Crippen LogP contribution in [0.1, 0.15) is 33.1 Å². The third kappa shape index (κ3) is 3.95. The summed E-state index contributed by atoms with van der Waals surface area (Å²) >= 11 is 0. The van der Waals surface area contributed by atoms with Gasteiger partial charge in [0.25, 0.3) is 0 Å². The predicted molar refractivity (Wildman–Crippen MR) is 73.4 cm³/mol. The van der Waals surface area contributed by atoms with Gasteiger partial charge in [-0.3, -0.25) is 9.69 Å². The number of rotatable bonds is 6. The van der Waals surface area contributed by atoms with Gasteiger partial charge in [-0.1, -0.05) is 13.8 Å². The molecule has 1 aliphatic heterocycles. The Balaban J connectivity index is 1.64. The first-order valence-corrected chi connectivity index (χ1v) is 7.43. The topological polar surface area (TPSA) is 44.4 Å². The first-order valence-electron chi connectivity index (χ1n) is 7.43. The van der Waals surface area contributed by atoms with Crippen LogP contribution in [0.3, 0.4) is 0 Å². The van der Waals surface area contributed by atoms with Gasteiger partial charge >= 0.3 is 0 Å². The monoisotopic (exact) mass is 253 g/mol. The van der Waals surface area contributed by atoms with E-state index in [1.165, 1.54) is 12.8 Å². The van der Waals surface area contributed by atoms with E-state index in [1.807, 2.05) is 0 Å². The molecule has 1 saturated carbocycles. The lowest BCUT2D eigenvalue weighted by Crippen LogP contribution is -2.45. The van der Waals surface area contributed by atoms with E-state index in [2.05, 4.69) is 29.4 Å². The molecule has 1 amide bonds. The van der Waals surface area contributed by atoms with E-state index < -0.39 is 0 Å². The summed E-state index contributed by atoms with van der Waals surface area (Å²) in [6, 6.07) is 0.795. The van der Waals surface area contributed by atoms with Gasteiger partial charge in [0, 0.05) is 25.7 Å². The van der Waals surface area contributed by atoms with Gasteiger partial charge in [-0.25, -0.2) is 0 Å². The molecule has 2 aliphatic rings. The van der Waals surface area contributed by atoms with Crippen LogP contribution < -0.4 is 10.6 Å². The largest absolute Gasteiger partial charge is 0.355 e. The zero-order valence-corrected chi connectivity index (χ0v) is 11.7. The van der Waals surface area contributed by atoms with E-state index in [0.29, 0.717) is 5.92 Å². The zero-order chi connectivity index (χ0) is 13.0. The van der Waals surface area contributed by atoms with Crippen molar-refractivity contribution in [3.05, 3.63) is 0 Å². The number of likely N-dealkylation sites (N-methyl/N-ethyl adjacent to an activating group) is 1. The molecule has 1 saturated heterocycles. The number of piperidine rings is 1. The van der Waals surface area contributed by atoms with Crippen molar-refractivity contribution in [3.8, 4) is 0 Å². The average molecular weight is 253 g/mol. The van der Waals surface area contributed by atoms with Crippen LogP contribution in [0.25, 0.3) is 0 Å². The number of nitrogens with one attached hydrogen (secondary N) is 2. The molecule has 2 fully saturated rings. The third-order valence-corrected chi connectivity index (χ3v) is 4.11. The van der Waals surface area contributed by atoms with Gasteiger partial charge < -0.3 is 10.6 Å². The molecule has 2 unspecified atom stereocenters. The van der Waals surface area contributed by atoms with Crippen molar-refractivity contribution in [1.82, 2.24) is 15.5 Å². The van der Waals surface area contributed by atoms with Gasteiger partial charge in [0.05, 0.1) is 5.92 Å². The van der Waals surface area contributed by atoms with Crippen LogP contribution in [-0.4, -0.2) is 49.6 Å². The molecule has 1 heterocycles. The van der Waals surface area contributed by atoms with E-state index in [0.717, 1.165) is 45.2 Å². The maximum Gasteiger partial charge on any atom is 0.224 e. The quantitative estimate of drug-likeness (QED) is 0.737. The zero-order valence-electron chi connectivity index (χ0n) is 11.7. The molecule has 2 rings (SSSR count). The van der Waals surface area contributed by atoms with Crippen molar-refractivity contribution >= 4 is 5.91 Å². The molecule has 1 aliphatic carbocycles. The molecule has 2 N–H and O–H groups in total. The highest BCUT2D eigenvalue weighted by Gasteiger charge is 2.28. The van der Waals surface area contributed by atoms with Crippen LogP contribution in [0, 0.1) is 11.8 Å². The number of hydrogen-bond acceptors (Lipinski definition) is 3. The Labute approximate surface area is 110 Å². The lowest BCUT2D eigenvalue weighted by molar-refractivity contribution is -0.125. The maximum absolute atomic E-state index is 12.0. The Morgan fingerprint density at radius 3 is 2.78 bits per heavy atom. The molecular weight excluding hydrogens is 226 g/mol. The SMILES string of the molecule is CCN(CCNC(=O)C1CNCC(C)C1)C1CC1. The summed E-state index contributed by atoms with van der Waals surface area (Å²) in [6.45, 7) is 9.20. The van der Waals surface area contributed by atoms with Crippen LogP contribution in [0.5, 0.6) is 0 Å². The predicted octanol–water partition coefficient (Wildman–Crippen LogP) is 0.833. The second-order valence-corrected chi connectivity index (χ2v) is 5.85. The van der Waals surface area contributed by atoms with Crippen LogP contribution in [-0.2, 0) is 4.79 Å². The Bertz CT molecular complexity index is 278. The van der Waals surface area contributed by atoms with Gasteiger partial charge in [-0.15, -0.1) is 0 Å². The Morgan fingerprint density at radius 2 is 2.17 bits per heavy atom. The fraction of sp³-hybridized carbons (Fsp3) is 0.929. The van der Waals surface area contributed by atoms with E-state index in [-0.39, 0.29) is 11.8 Å². The number of amides is 1. The minimum atomic E-state index is 0.171. The molecule has 0 aromatic heterocycles. The Morgan fingerprint density at radius 1 is 1.39 bits per heavy atom. The highest BCUT2D eigenvalue weighted by Crippen LogP contribution is 2.25. The lowest BCUT2D eigenvalue weighted by Gasteiger charge is -2.27.